The molecule has 0 fully saturated rings. The Hall–Kier alpha value is -1.10. The molecular formula is C14H11BrClFO2. The van der Waals surface area contributed by atoms with E-state index in [1.807, 2.05) is 0 Å². The molecule has 0 aliphatic heterocycles. The molecule has 2 aromatic rings. The second kappa shape index (κ2) is 5.90. The third-order valence-corrected chi connectivity index (χ3v) is 3.40. The number of benzene rings is 2. The van der Waals surface area contributed by atoms with Gasteiger partial charge in [0.15, 0.2) is 0 Å². The van der Waals surface area contributed by atoms with Gasteiger partial charge >= 0.3 is 0 Å². The Labute approximate surface area is 123 Å². The summed E-state index contributed by atoms with van der Waals surface area (Å²) in [4.78, 5) is 0. The molecule has 0 saturated carbocycles. The van der Waals surface area contributed by atoms with Gasteiger partial charge in [-0.1, -0.05) is 17.7 Å². The van der Waals surface area contributed by atoms with Crippen LogP contribution in [0.1, 0.15) is 18.6 Å². The number of rotatable bonds is 3. The molecule has 2 rings (SSSR count). The monoisotopic (exact) mass is 344 g/mol. The van der Waals surface area contributed by atoms with Gasteiger partial charge in [-0.3, -0.25) is 0 Å². The molecule has 0 bridgehead atoms. The van der Waals surface area contributed by atoms with Crippen LogP contribution in [-0.2, 0) is 0 Å². The van der Waals surface area contributed by atoms with Crippen LogP contribution < -0.4 is 4.74 Å². The van der Waals surface area contributed by atoms with Gasteiger partial charge in [0.25, 0.3) is 0 Å². The molecule has 2 nitrogen and oxygen atoms in total. The van der Waals surface area contributed by atoms with Gasteiger partial charge in [-0.2, -0.15) is 0 Å². The van der Waals surface area contributed by atoms with Crippen LogP contribution in [-0.4, -0.2) is 5.11 Å². The third-order valence-electron chi connectivity index (χ3n) is 2.54. The zero-order valence-corrected chi connectivity index (χ0v) is 12.4. The van der Waals surface area contributed by atoms with E-state index in [1.165, 1.54) is 19.1 Å². The Bertz CT molecular complexity index is 602. The minimum atomic E-state index is -0.956. The lowest BCUT2D eigenvalue weighted by Gasteiger charge is -2.14. The van der Waals surface area contributed by atoms with Crippen molar-refractivity contribution < 1.29 is 14.2 Å². The molecule has 100 valence electrons. The lowest BCUT2D eigenvalue weighted by Crippen LogP contribution is -2.00. The van der Waals surface area contributed by atoms with Crippen LogP contribution >= 0.6 is 27.5 Å². The molecule has 1 N–H and O–H groups in total. The van der Waals surface area contributed by atoms with Crippen LogP contribution in [0.3, 0.4) is 0 Å². The third kappa shape index (κ3) is 3.26. The highest BCUT2D eigenvalue weighted by molar-refractivity contribution is 9.10. The summed E-state index contributed by atoms with van der Waals surface area (Å²) in [5.74, 6) is 0.271. The lowest BCUT2D eigenvalue weighted by molar-refractivity contribution is 0.190. The first-order valence-corrected chi connectivity index (χ1v) is 6.75. The van der Waals surface area contributed by atoms with E-state index in [2.05, 4.69) is 15.9 Å². The molecule has 0 heterocycles. The van der Waals surface area contributed by atoms with Crippen molar-refractivity contribution in [3.8, 4) is 11.5 Å². The molecule has 0 aromatic heterocycles. The highest BCUT2D eigenvalue weighted by atomic mass is 79.9. The Morgan fingerprint density at radius 3 is 2.63 bits per heavy atom. The van der Waals surface area contributed by atoms with Gasteiger partial charge in [-0.15, -0.1) is 0 Å². The van der Waals surface area contributed by atoms with Crippen molar-refractivity contribution in [2.24, 2.45) is 0 Å². The summed E-state index contributed by atoms with van der Waals surface area (Å²) >= 11 is 9.16. The quantitative estimate of drug-likeness (QED) is 0.840. The summed E-state index contributed by atoms with van der Waals surface area (Å²) in [5.41, 5.74) is 0.129. The largest absolute Gasteiger partial charge is 0.456 e. The first kappa shape index (κ1) is 14.3. The summed E-state index contributed by atoms with van der Waals surface area (Å²) in [5, 5.41) is 10.2. The van der Waals surface area contributed by atoms with Gasteiger partial charge in [0.2, 0.25) is 0 Å². The summed E-state index contributed by atoms with van der Waals surface area (Å²) in [6.45, 7) is 1.49. The molecule has 0 aliphatic carbocycles. The van der Waals surface area contributed by atoms with Crippen LogP contribution in [0.15, 0.2) is 40.9 Å². The van der Waals surface area contributed by atoms with Crippen molar-refractivity contribution in [3.63, 3.8) is 0 Å². The molecular weight excluding hydrogens is 335 g/mol. The second-order valence-electron chi connectivity index (χ2n) is 4.00. The molecule has 19 heavy (non-hydrogen) atoms. The van der Waals surface area contributed by atoms with Gasteiger partial charge < -0.3 is 9.84 Å². The molecule has 0 spiro atoms. The number of hydrogen-bond donors (Lipinski definition) is 1. The summed E-state index contributed by atoms with van der Waals surface area (Å²) < 4.78 is 20.0. The van der Waals surface area contributed by atoms with Gasteiger partial charge in [0, 0.05) is 5.02 Å². The predicted octanol–water partition coefficient (Wildman–Crippen LogP) is 5.09. The number of hydrogen-bond acceptors (Lipinski definition) is 2. The maximum atomic E-state index is 13.7. The summed E-state index contributed by atoms with van der Waals surface area (Å²) in [6.07, 6.45) is -0.956. The SMILES string of the molecule is CC(O)c1c(F)cccc1Oc1ccc(Cl)cc1Br. The molecule has 0 aliphatic rings. The van der Waals surface area contributed by atoms with Crippen molar-refractivity contribution in [1.29, 1.82) is 0 Å². The van der Waals surface area contributed by atoms with Crippen molar-refractivity contribution in [3.05, 3.63) is 57.3 Å². The zero-order valence-electron chi connectivity index (χ0n) is 10.0. The highest BCUT2D eigenvalue weighted by Gasteiger charge is 2.16. The molecule has 0 radical (unpaired) electrons. The Morgan fingerprint density at radius 2 is 2.00 bits per heavy atom. The average Bonchev–Trinajstić information content (AvgIpc) is 2.32. The van der Waals surface area contributed by atoms with E-state index < -0.39 is 11.9 Å². The number of ether oxygens (including phenoxy) is 1. The molecule has 0 saturated heterocycles. The van der Waals surface area contributed by atoms with Crippen LogP contribution in [0, 0.1) is 5.82 Å². The smallest absolute Gasteiger partial charge is 0.141 e. The zero-order chi connectivity index (χ0) is 14.0. The minimum absolute atomic E-state index is 0.129. The first-order valence-electron chi connectivity index (χ1n) is 5.58. The number of halogens is 3. The van der Waals surface area contributed by atoms with E-state index in [4.69, 9.17) is 16.3 Å². The van der Waals surface area contributed by atoms with Crippen molar-refractivity contribution in [2.75, 3.05) is 0 Å². The molecule has 1 atom stereocenters. The van der Waals surface area contributed by atoms with Crippen LogP contribution in [0.25, 0.3) is 0 Å². The van der Waals surface area contributed by atoms with Crippen molar-refractivity contribution >= 4 is 27.5 Å². The summed E-state index contributed by atoms with van der Waals surface area (Å²) in [6, 6.07) is 9.43. The normalized spacial score (nSPS) is 12.3. The Kier molecular flexibility index (Phi) is 4.45. The van der Waals surface area contributed by atoms with E-state index >= 15 is 0 Å². The summed E-state index contributed by atoms with van der Waals surface area (Å²) in [7, 11) is 0. The molecule has 0 amide bonds. The average molecular weight is 346 g/mol. The molecule has 1 unspecified atom stereocenters. The lowest BCUT2D eigenvalue weighted by atomic mass is 10.1. The highest BCUT2D eigenvalue weighted by Crippen LogP contribution is 2.36. The second-order valence-corrected chi connectivity index (χ2v) is 5.30. The van der Waals surface area contributed by atoms with E-state index in [0.29, 0.717) is 15.2 Å². The van der Waals surface area contributed by atoms with E-state index in [9.17, 15) is 9.50 Å². The van der Waals surface area contributed by atoms with Crippen LogP contribution in [0.4, 0.5) is 4.39 Å². The molecule has 5 heteroatoms. The first-order chi connectivity index (χ1) is 8.99. The van der Waals surface area contributed by atoms with Gasteiger partial charge in [-0.05, 0) is 53.2 Å². The Balaban J connectivity index is 2.41. The minimum Gasteiger partial charge on any atom is -0.456 e. The van der Waals surface area contributed by atoms with Gasteiger partial charge in [0.1, 0.15) is 17.3 Å². The van der Waals surface area contributed by atoms with Crippen molar-refractivity contribution in [1.82, 2.24) is 0 Å². The maximum absolute atomic E-state index is 13.7. The molecule has 2 aromatic carbocycles. The predicted molar refractivity (Wildman–Crippen MR) is 76.3 cm³/mol. The Morgan fingerprint density at radius 1 is 1.26 bits per heavy atom. The maximum Gasteiger partial charge on any atom is 0.141 e. The number of aliphatic hydroxyl groups is 1. The van der Waals surface area contributed by atoms with Crippen LogP contribution in [0.2, 0.25) is 5.02 Å². The van der Waals surface area contributed by atoms with Crippen molar-refractivity contribution in [2.45, 2.75) is 13.0 Å². The van der Waals surface area contributed by atoms with E-state index in [1.54, 1.807) is 24.3 Å². The van der Waals surface area contributed by atoms with E-state index in [-0.39, 0.29) is 11.3 Å². The standard InChI is InChI=1S/C14H11BrClFO2/c1-8(18)14-11(17)3-2-4-13(14)19-12-6-5-9(16)7-10(12)15/h2-8,18H,1H3. The van der Waals surface area contributed by atoms with Gasteiger partial charge in [-0.25, -0.2) is 4.39 Å². The van der Waals surface area contributed by atoms with Gasteiger partial charge in [0.05, 0.1) is 16.1 Å². The fourth-order valence-electron chi connectivity index (χ4n) is 1.69. The topological polar surface area (TPSA) is 29.5 Å². The fourth-order valence-corrected chi connectivity index (χ4v) is 2.45. The number of aliphatic hydroxyl groups excluding tert-OH is 1. The fraction of sp³-hybridized carbons (Fsp3) is 0.143. The van der Waals surface area contributed by atoms with Crippen LogP contribution in [0.5, 0.6) is 11.5 Å². The van der Waals surface area contributed by atoms with E-state index in [0.717, 1.165) is 0 Å².